The highest BCUT2D eigenvalue weighted by atomic mass is 16.1. The molecule has 1 nitrogen and oxygen atoms in total. The monoisotopic (exact) mass is 216 g/mol. The minimum atomic E-state index is 0.169. The number of carbonyl (C=O) groups excluding carboxylic acids is 1. The molecule has 1 aromatic carbocycles. The average Bonchev–Trinajstić information content (AvgIpc) is 2.29. The lowest BCUT2D eigenvalue weighted by atomic mass is 9.78. The van der Waals surface area contributed by atoms with E-state index in [0.29, 0.717) is 11.7 Å². The van der Waals surface area contributed by atoms with Gasteiger partial charge in [0.2, 0.25) is 0 Å². The number of aryl methyl sites for hydroxylation is 1. The first kappa shape index (κ1) is 11.4. The zero-order chi connectivity index (χ0) is 11.5. The minimum Gasteiger partial charge on any atom is -0.299 e. The summed E-state index contributed by atoms with van der Waals surface area (Å²) in [6, 6.07) is 8.58. The van der Waals surface area contributed by atoms with Gasteiger partial charge in [-0.1, -0.05) is 38.1 Å². The molecule has 1 heteroatoms. The van der Waals surface area contributed by atoms with Crippen LogP contribution in [-0.4, -0.2) is 5.78 Å². The molecule has 0 saturated heterocycles. The summed E-state index contributed by atoms with van der Waals surface area (Å²) in [7, 11) is 0. The number of carbonyl (C=O) groups is 1. The zero-order valence-electron chi connectivity index (χ0n) is 10.2. The van der Waals surface area contributed by atoms with E-state index in [4.69, 9.17) is 0 Å². The van der Waals surface area contributed by atoms with Crippen LogP contribution in [-0.2, 0) is 11.2 Å². The summed E-state index contributed by atoms with van der Waals surface area (Å²) < 4.78 is 0. The van der Waals surface area contributed by atoms with Gasteiger partial charge in [-0.25, -0.2) is 0 Å². The van der Waals surface area contributed by atoms with E-state index in [-0.39, 0.29) is 5.92 Å². The Morgan fingerprint density at radius 1 is 1.19 bits per heavy atom. The van der Waals surface area contributed by atoms with E-state index < -0.39 is 0 Å². The lowest BCUT2D eigenvalue weighted by Crippen LogP contribution is -2.21. The molecule has 0 bridgehead atoms. The molecule has 2 rings (SSSR count). The van der Waals surface area contributed by atoms with Gasteiger partial charge in [0.1, 0.15) is 5.78 Å². The molecular formula is C15H20O. The van der Waals surface area contributed by atoms with E-state index in [2.05, 4.69) is 38.1 Å². The predicted octanol–water partition coefficient (Wildman–Crippen LogP) is 3.72. The predicted molar refractivity (Wildman–Crippen MR) is 66.6 cm³/mol. The maximum absolute atomic E-state index is 12.0. The normalized spacial score (nSPS) is 25.8. The number of ketones is 1. The van der Waals surface area contributed by atoms with Gasteiger partial charge in [0, 0.05) is 12.3 Å². The van der Waals surface area contributed by atoms with Crippen molar-refractivity contribution in [2.75, 3.05) is 0 Å². The SMILES string of the molecule is CCc1ccc(C2CCC(C)CC2=O)cc1. The fourth-order valence-corrected chi connectivity index (χ4v) is 2.54. The molecule has 1 aliphatic rings. The van der Waals surface area contributed by atoms with E-state index in [1.165, 1.54) is 17.5 Å². The van der Waals surface area contributed by atoms with Gasteiger partial charge in [-0.15, -0.1) is 0 Å². The van der Waals surface area contributed by atoms with E-state index in [0.717, 1.165) is 19.3 Å². The van der Waals surface area contributed by atoms with Crippen LogP contribution >= 0.6 is 0 Å². The largest absolute Gasteiger partial charge is 0.299 e. The molecule has 0 amide bonds. The minimum absolute atomic E-state index is 0.169. The molecule has 0 aliphatic heterocycles. The summed E-state index contributed by atoms with van der Waals surface area (Å²) >= 11 is 0. The second kappa shape index (κ2) is 4.82. The fourth-order valence-electron chi connectivity index (χ4n) is 2.54. The highest BCUT2D eigenvalue weighted by Gasteiger charge is 2.27. The van der Waals surface area contributed by atoms with Crippen LogP contribution in [0, 0.1) is 5.92 Å². The van der Waals surface area contributed by atoms with Crippen LogP contribution in [0.4, 0.5) is 0 Å². The third-order valence-electron chi connectivity index (χ3n) is 3.68. The lowest BCUT2D eigenvalue weighted by molar-refractivity contribution is -0.123. The highest BCUT2D eigenvalue weighted by Crippen LogP contribution is 2.32. The molecule has 1 saturated carbocycles. The number of hydrogen-bond acceptors (Lipinski definition) is 1. The Bertz CT molecular complexity index is 364. The van der Waals surface area contributed by atoms with Gasteiger partial charge in [-0.2, -0.15) is 0 Å². The molecule has 86 valence electrons. The molecule has 16 heavy (non-hydrogen) atoms. The summed E-state index contributed by atoms with van der Waals surface area (Å²) in [6.07, 6.45) is 4.05. The van der Waals surface area contributed by atoms with E-state index in [1.54, 1.807) is 0 Å². The van der Waals surface area contributed by atoms with Crippen LogP contribution in [0.15, 0.2) is 24.3 Å². The molecule has 0 spiro atoms. The van der Waals surface area contributed by atoms with E-state index >= 15 is 0 Å². The summed E-state index contributed by atoms with van der Waals surface area (Å²) in [5.74, 6) is 1.18. The van der Waals surface area contributed by atoms with Gasteiger partial charge < -0.3 is 0 Å². The van der Waals surface area contributed by atoms with Crippen molar-refractivity contribution < 1.29 is 4.79 Å². The van der Waals surface area contributed by atoms with Crippen LogP contribution in [0.1, 0.15) is 50.2 Å². The van der Waals surface area contributed by atoms with Crippen molar-refractivity contribution in [3.8, 4) is 0 Å². The van der Waals surface area contributed by atoms with Crippen LogP contribution in [0.25, 0.3) is 0 Å². The van der Waals surface area contributed by atoms with Gasteiger partial charge in [0.25, 0.3) is 0 Å². The molecule has 0 aromatic heterocycles. The summed E-state index contributed by atoms with van der Waals surface area (Å²) in [5.41, 5.74) is 2.56. The van der Waals surface area contributed by atoms with Gasteiger partial charge in [0.05, 0.1) is 0 Å². The standard InChI is InChI=1S/C15H20O/c1-3-12-5-7-13(8-6-12)14-9-4-11(2)10-15(14)16/h5-8,11,14H,3-4,9-10H2,1-2H3. The highest BCUT2D eigenvalue weighted by molar-refractivity contribution is 5.86. The topological polar surface area (TPSA) is 17.1 Å². The Morgan fingerprint density at radius 3 is 2.44 bits per heavy atom. The molecule has 1 aliphatic carbocycles. The molecule has 0 N–H and O–H groups in total. The van der Waals surface area contributed by atoms with Crippen molar-refractivity contribution >= 4 is 5.78 Å². The first-order chi connectivity index (χ1) is 7.70. The van der Waals surface area contributed by atoms with E-state index in [1.807, 2.05) is 0 Å². The molecule has 0 radical (unpaired) electrons. The van der Waals surface area contributed by atoms with Crippen molar-refractivity contribution in [1.82, 2.24) is 0 Å². The zero-order valence-corrected chi connectivity index (χ0v) is 10.2. The number of rotatable bonds is 2. The Morgan fingerprint density at radius 2 is 1.88 bits per heavy atom. The van der Waals surface area contributed by atoms with Crippen LogP contribution in [0.2, 0.25) is 0 Å². The van der Waals surface area contributed by atoms with Crippen LogP contribution in [0.5, 0.6) is 0 Å². The molecule has 2 unspecified atom stereocenters. The van der Waals surface area contributed by atoms with Gasteiger partial charge >= 0.3 is 0 Å². The van der Waals surface area contributed by atoms with Crippen molar-refractivity contribution in [2.45, 2.75) is 45.4 Å². The van der Waals surface area contributed by atoms with Gasteiger partial charge in [0.15, 0.2) is 0 Å². The maximum atomic E-state index is 12.0. The van der Waals surface area contributed by atoms with Crippen LogP contribution in [0.3, 0.4) is 0 Å². The second-order valence-corrected chi connectivity index (χ2v) is 5.00. The number of benzene rings is 1. The van der Waals surface area contributed by atoms with Crippen molar-refractivity contribution in [1.29, 1.82) is 0 Å². The third kappa shape index (κ3) is 2.34. The quantitative estimate of drug-likeness (QED) is 0.736. The lowest BCUT2D eigenvalue weighted by Gasteiger charge is -2.25. The Kier molecular flexibility index (Phi) is 3.42. The molecule has 0 heterocycles. The third-order valence-corrected chi connectivity index (χ3v) is 3.68. The first-order valence-corrected chi connectivity index (χ1v) is 6.32. The Hall–Kier alpha value is -1.11. The smallest absolute Gasteiger partial charge is 0.140 e. The molecule has 1 aromatic rings. The maximum Gasteiger partial charge on any atom is 0.140 e. The second-order valence-electron chi connectivity index (χ2n) is 5.00. The molecular weight excluding hydrogens is 196 g/mol. The van der Waals surface area contributed by atoms with Crippen molar-refractivity contribution in [3.05, 3.63) is 35.4 Å². The molecule has 2 atom stereocenters. The Balaban J connectivity index is 2.14. The number of Topliss-reactive ketones (excluding diaryl/α,β-unsaturated/α-hetero) is 1. The van der Waals surface area contributed by atoms with Crippen molar-refractivity contribution in [2.24, 2.45) is 5.92 Å². The van der Waals surface area contributed by atoms with Crippen LogP contribution < -0.4 is 0 Å². The van der Waals surface area contributed by atoms with Gasteiger partial charge in [-0.05, 0) is 36.3 Å². The summed E-state index contributed by atoms with van der Waals surface area (Å²) in [5, 5.41) is 0. The van der Waals surface area contributed by atoms with E-state index in [9.17, 15) is 4.79 Å². The molecule has 1 fully saturated rings. The summed E-state index contributed by atoms with van der Waals surface area (Å²) in [6.45, 7) is 4.33. The fraction of sp³-hybridized carbons (Fsp3) is 0.533. The van der Waals surface area contributed by atoms with Gasteiger partial charge in [-0.3, -0.25) is 4.79 Å². The Labute approximate surface area is 97.9 Å². The number of hydrogen-bond donors (Lipinski definition) is 0. The van der Waals surface area contributed by atoms with Crippen molar-refractivity contribution in [3.63, 3.8) is 0 Å². The first-order valence-electron chi connectivity index (χ1n) is 6.32. The average molecular weight is 216 g/mol. The summed E-state index contributed by atoms with van der Waals surface area (Å²) in [4.78, 5) is 12.0.